The first-order valence-electron chi connectivity index (χ1n) is 4.05. The maximum Gasteiger partial charge on any atom is 0.0646 e. The summed E-state index contributed by atoms with van der Waals surface area (Å²) in [6.45, 7) is 2.08. The van der Waals surface area contributed by atoms with E-state index in [0.29, 0.717) is 5.92 Å². The van der Waals surface area contributed by atoms with Gasteiger partial charge >= 0.3 is 0 Å². The van der Waals surface area contributed by atoms with Gasteiger partial charge in [-0.1, -0.05) is 31.2 Å². The van der Waals surface area contributed by atoms with Crippen LogP contribution in [0.3, 0.4) is 0 Å². The molecular weight excluding hydrogens is 136 g/mol. The zero-order chi connectivity index (χ0) is 7.84. The van der Waals surface area contributed by atoms with Gasteiger partial charge in [0.25, 0.3) is 0 Å². The lowest BCUT2D eigenvalue weighted by Gasteiger charge is -2.07. The fraction of sp³-hybridized carbons (Fsp3) is 0.400. The molecule has 0 saturated heterocycles. The van der Waals surface area contributed by atoms with E-state index >= 15 is 0 Å². The molecule has 0 aromatic heterocycles. The Balaban J connectivity index is 2.47. The smallest absolute Gasteiger partial charge is 0.0646 e. The van der Waals surface area contributed by atoms with Crippen LogP contribution in [-0.2, 0) is 6.42 Å². The van der Waals surface area contributed by atoms with Crippen LogP contribution < -0.4 is 0 Å². The monoisotopic (exact) mass is 148 g/mol. The van der Waals surface area contributed by atoms with Gasteiger partial charge in [0.15, 0.2) is 0 Å². The Morgan fingerprint density at radius 1 is 1.36 bits per heavy atom. The minimum absolute atomic E-state index is 0.160. The number of aliphatic hydroxyl groups excluding tert-OH is 1. The van der Waals surface area contributed by atoms with E-state index in [2.05, 4.69) is 19.1 Å². The quantitative estimate of drug-likeness (QED) is 0.593. The van der Waals surface area contributed by atoms with Crippen LogP contribution in [-0.4, -0.2) is 11.2 Å². The number of fused-ring (bicyclic) bond motifs is 1. The van der Waals surface area contributed by atoms with E-state index in [1.54, 1.807) is 0 Å². The molecule has 0 spiro atoms. The number of rotatable bonds is 0. The molecule has 1 aromatic carbocycles. The first-order chi connectivity index (χ1) is 5.29. The third-order valence-corrected chi connectivity index (χ3v) is 2.55. The Hall–Kier alpha value is -0.820. The summed E-state index contributed by atoms with van der Waals surface area (Å²) < 4.78 is 0. The van der Waals surface area contributed by atoms with Gasteiger partial charge in [-0.3, -0.25) is 0 Å². The van der Waals surface area contributed by atoms with Crippen LogP contribution in [0.4, 0.5) is 0 Å². The van der Waals surface area contributed by atoms with E-state index in [0.717, 1.165) is 6.42 Å². The van der Waals surface area contributed by atoms with Crippen molar-refractivity contribution in [2.45, 2.75) is 25.4 Å². The lowest BCUT2D eigenvalue weighted by atomic mass is 10.0. The van der Waals surface area contributed by atoms with Crippen LogP contribution in [0.2, 0.25) is 0 Å². The van der Waals surface area contributed by atoms with Gasteiger partial charge in [0.2, 0.25) is 0 Å². The molecule has 1 aliphatic carbocycles. The van der Waals surface area contributed by atoms with Crippen LogP contribution in [0, 0.1) is 0 Å². The number of benzene rings is 1. The van der Waals surface area contributed by atoms with Gasteiger partial charge in [-0.15, -0.1) is 0 Å². The summed E-state index contributed by atoms with van der Waals surface area (Å²) in [5.74, 6) is 0.325. The molecule has 1 heteroatoms. The molecular formula is C10H12O. The summed E-state index contributed by atoms with van der Waals surface area (Å²) in [4.78, 5) is 0. The molecule has 2 rings (SSSR count). The first-order valence-corrected chi connectivity index (χ1v) is 4.05. The van der Waals surface area contributed by atoms with Gasteiger partial charge < -0.3 is 5.11 Å². The predicted octanol–water partition coefficient (Wildman–Crippen LogP) is 1.71. The van der Waals surface area contributed by atoms with Crippen LogP contribution in [0.1, 0.15) is 24.0 Å². The number of aliphatic hydroxyl groups is 1. The fourth-order valence-corrected chi connectivity index (χ4v) is 1.77. The average Bonchev–Trinajstić information content (AvgIpc) is 2.30. The molecule has 0 fully saturated rings. The highest BCUT2D eigenvalue weighted by Crippen LogP contribution is 2.32. The van der Waals surface area contributed by atoms with E-state index in [9.17, 15) is 5.11 Å². The summed E-state index contributed by atoms with van der Waals surface area (Å²) in [5, 5.41) is 9.52. The summed E-state index contributed by atoms with van der Waals surface area (Å²) in [6.07, 6.45) is 0.671. The highest BCUT2D eigenvalue weighted by Gasteiger charge is 2.26. The fourth-order valence-electron chi connectivity index (χ4n) is 1.77. The molecule has 1 nitrogen and oxygen atoms in total. The highest BCUT2D eigenvalue weighted by atomic mass is 16.3. The van der Waals surface area contributed by atoms with Crippen molar-refractivity contribution >= 4 is 0 Å². The summed E-state index contributed by atoms with van der Waals surface area (Å²) in [7, 11) is 0. The Bertz CT molecular complexity index is 267. The van der Waals surface area contributed by atoms with E-state index in [1.165, 1.54) is 11.1 Å². The molecule has 11 heavy (non-hydrogen) atoms. The van der Waals surface area contributed by atoms with Gasteiger partial charge in [0.1, 0.15) is 0 Å². The van der Waals surface area contributed by atoms with Crippen molar-refractivity contribution < 1.29 is 5.11 Å². The molecule has 0 amide bonds. The molecule has 0 unspecified atom stereocenters. The van der Waals surface area contributed by atoms with Crippen molar-refractivity contribution in [3.8, 4) is 0 Å². The van der Waals surface area contributed by atoms with Gasteiger partial charge in [-0.05, 0) is 17.5 Å². The van der Waals surface area contributed by atoms with Gasteiger partial charge in [0, 0.05) is 5.92 Å². The average molecular weight is 148 g/mol. The van der Waals surface area contributed by atoms with Crippen LogP contribution in [0.25, 0.3) is 0 Å². The number of hydrogen-bond donors (Lipinski definition) is 1. The standard InChI is InChI=1S/C10H12O/c1-7-9-5-3-2-4-8(9)6-10(7)11/h2-5,7,10-11H,6H2,1H3/t7-,10-/m1/s1. The summed E-state index contributed by atoms with van der Waals surface area (Å²) in [6, 6.07) is 8.27. The minimum Gasteiger partial charge on any atom is -0.392 e. The Kier molecular flexibility index (Phi) is 1.46. The lowest BCUT2D eigenvalue weighted by Crippen LogP contribution is -2.09. The molecule has 2 atom stereocenters. The second-order valence-electron chi connectivity index (χ2n) is 3.26. The van der Waals surface area contributed by atoms with Crippen LogP contribution in [0.5, 0.6) is 0 Å². The van der Waals surface area contributed by atoms with Crippen LogP contribution in [0.15, 0.2) is 24.3 Å². The summed E-state index contributed by atoms with van der Waals surface area (Å²) >= 11 is 0. The molecule has 0 radical (unpaired) electrons. The number of hydrogen-bond acceptors (Lipinski definition) is 1. The van der Waals surface area contributed by atoms with Crippen molar-refractivity contribution in [2.75, 3.05) is 0 Å². The Morgan fingerprint density at radius 3 is 2.82 bits per heavy atom. The predicted molar refractivity (Wildman–Crippen MR) is 44.6 cm³/mol. The largest absolute Gasteiger partial charge is 0.392 e. The lowest BCUT2D eigenvalue weighted by molar-refractivity contribution is 0.163. The Morgan fingerprint density at radius 2 is 2.09 bits per heavy atom. The molecule has 0 bridgehead atoms. The van der Waals surface area contributed by atoms with Crippen molar-refractivity contribution in [1.29, 1.82) is 0 Å². The molecule has 0 saturated carbocycles. The van der Waals surface area contributed by atoms with Gasteiger partial charge in [0.05, 0.1) is 6.10 Å². The SMILES string of the molecule is C[C@@H]1c2ccccc2C[C@H]1O. The zero-order valence-electron chi connectivity index (χ0n) is 6.62. The maximum absolute atomic E-state index is 9.52. The van der Waals surface area contributed by atoms with Crippen molar-refractivity contribution in [3.63, 3.8) is 0 Å². The molecule has 58 valence electrons. The second kappa shape index (κ2) is 2.35. The Labute approximate surface area is 66.7 Å². The summed E-state index contributed by atoms with van der Waals surface area (Å²) in [5.41, 5.74) is 2.63. The first kappa shape index (κ1) is 6.86. The van der Waals surface area contributed by atoms with Crippen molar-refractivity contribution in [2.24, 2.45) is 0 Å². The molecule has 1 N–H and O–H groups in total. The third-order valence-electron chi connectivity index (χ3n) is 2.55. The topological polar surface area (TPSA) is 20.2 Å². The minimum atomic E-state index is -0.160. The normalized spacial score (nSPS) is 28.5. The van der Waals surface area contributed by atoms with Crippen LogP contribution >= 0.6 is 0 Å². The highest BCUT2D eigenvalue weighted by molar-refractivity contribution is 5.36. The van der Waals surface area contributed by atoms with E-state index in [-0.39, 0.29) is 6.10 Å². The molecule has 0 aliphatic heterocycles. The third kappa shape index (κ3) is 0.962. The van der Waals surface area contributed by atoms with E-state index in [1.807, 2.05) is 12.1 Å². The van der Waals surface area contributed by atoms with E-state index < -0.39 is 0 Å². The molecule has 1 aromatic rings. The van der Waals surface area contributed by atoms with E-state index in [4.69, 9.17) is 0 Å². The van der Waals surface area contributed by atoms with Gasteiger partial charge in [-0.2, -0.15) is 0 Å². The molecule has 1 aliphatic rings. The second-order valence-corrected chi connectivity index (χ2v) is 3.26. The van der Waals surface area contributed by atoms with Gasteiger partial charge in [-0.25, -0.2) is 0 Å². The molecule has 0 heterocycles. The van der Waals surface area contributed by atoms with Crippen molar-refractivity contribution in [1.82, 2.24) is 0 Å². The van der Waals surface area contributed by atoms with Crippen molar-refractivity contribution in [3.05, 3.63) is 35.4 Å². The zero-order valence-corrected chi connectivity index (χ0v) is 6.62. The maximum atomic E-state index is 9.52.